The first kappa shape index (κ1) is 15.1. The van der Waals surface area contributed by atoms with Gasteiger partial charge in [0.2, 0.25) is 0 Å². The quantitative estimate of drug-likeness (QED) is 0.653. The van der Waals surface area contributed by atoms with Gasteiger partial charge in [-0.05, 0) is 31.8 Å². The molecular weight excluding hydrogens is 223 g/mol. The zero-order valence-corrected chi connectivity index (χ0v) is 10.2. The smallest absolute Gasteiger partial charge is 0.316 e. The number of rotatable bonds is 8. The second-order valence-electron chi connectivity index (χ2n) is 3.56. The normalized spacial score (nSPS) is 14.2. The van der Waals surface area contributed by atoms with Crippen LogP contribution in [0.15, 0.2) is 0 Å². The first-order valence-corrected chi connectivity index (χ1v) is 6.39. The van der Waals surface area contributed by atoms with Crippen molar-refractivity contribution < 1.29 is 13.2 Å². The number of hydrogen-bond acceptors (Lipinski definition) is 2. The van der Waals surface area contributed by atoms with Crippen molar-refractivity contribution in [1.82, 2.24) is 5.32 Å². The summed E-state index contributed by atoms with van der Waals surface area (Å²) in [5.41, 5.74) is -4.07. The highest BCUT2D eigenvalue weighted by atomic mass is 32.2. The summed E-state index contributed by atoms with van der Waals surface area (Å²) in [6.07, 6.45) is 2.64. The van der Waals surface area contributed by atoms with E-state index in [0.717, 1.165) is 25.9 Å². The van der Waals surface area contributed by atoms with Gasteiger partial charge in [-0.15, -0.1) is 0 Å². The summed E-state index contributed by atoms with van der Waals surface area (Å²) >= 11 is 0.0887. The highest BCUT2D eigenvalue weighted by molar-refractivity contribution is 8.00. The second kappa shape index (κ2) is 8.28. The van der Waals surface area contributed by atoms with Gasteiger partial charge in [0.25, 0.3) is 0 Å². The van der Waals surface area contributed by atoms with Gasteiger partial charge < -0.3 is 5.32 Å². The van der Waals surface area contributed by atoms with E-state index in [1.165, 1.54) is 0 Å². The van der Waals surface area contributed by atoms with Gasteiger partial charge in [-0.2, -0.15) is 13.2 Å². The molecule has 5 heteroatoms. The summed E-state index contributed by atoms with van der Waals surface area (Å²) in [5.74, 6) is 0.543. The van der Waals surface area contributed by atoms with Crippen LogP contribution in [0.1, 0.15) is 33.1 Å². The molecule has 0 aromatic carbocycles. The molecule has 0 rings (SSSR count). The monoisotopic (exact) mass is 243 g/mol. The molecule has 1 atom stereocenters. The van der Waals surface area contributed by atoms with Crippen molar-refractivity contribution in [1.29, 1.82) is 0 Å². The predicted molar refractivity (Wildman–Crippen MR) is 60.1 cm³/mol. The van der Waals surface area contributed by atoms with Crippen molar-refractivity contribution in [2.75, 3.05) is 18.8 Å². The summed E-state index contributed by atoms with van der Waals surface area (Å²) in [7, 11) is 0. The Kier molecular flexibility index (Phi) is 8.33. The van der Waals surface area contributed by atoms with Crippen molar-refractivity contribution >= 4 is 11.8 Å². The van der Waals surface area contributed by atoms with Crippen molar-refractivity contribution in [3.05, 3.63) is 0 Å². The topological polar surface area (TPSA) is 12.0 Å². The lowest BCUT2D eigenvalue weighted by atomic mass is 10.0. The van der Waals surface area contributed by atoms with Crippen molar-refractivity contribution in [2.45, 2.75) is 38.6 Å². The van der Waals surface area contributed by atoms with Crippen LogP contribution in [0.3, 0.4) is 0 Å². The van der Waals surface area contributed by atoms with Crippen LogP contribution in [0.25, 0.3) is 0 Å². The van der Waals surface area contributed by atoms with E-state index in [9.17, 15) is 13.2 Å². The molecule has 0 heterocycles. The Balaban J connectivity index is 3.52. The number of halogens is 3. The van der Waals surface area contributed by atoms with E-state index in [4.69, 9.17) is 0 Å². The Morgan fingerprint density at radius 2 is 1.93 bits per heavy atom. The first-order valence-electron chi connectivity index (χ1n) is 5.41. The molecule has 0 amide bonds. The molecule has 0 aliphatic heterocycles. The van der Waals surface area contributed by atoms with Crippen LogP contribution in [-0.4, -0.2) is 24.4 Å². The zero-order chi connectivity index (χ0) is 11.7. The Hall–Kier alpha value is 0.100. The molecule has 0 saturated heterocycles. The summed E-state index contributed by atoms with van der Waals surface area (Å²) in [6, 6.07) is 0. The molecule has 0 aromatic heterocycles. The fourth-order valence-electron chi connectivity index (χ4n) is 1.27. The molecule has 1 nitrogen and oxygen atoms in total. The highest BCUT2D eigenvalue weighted by Gasteiger charge is 2.27. The molecule has 92 valence electrons. The van der Waals surface area contributed by atoms with Gasteiger partial charge >= 0.3 is 5.51 Å². The van der Waals surface area contributed by atoms with Crippen molar-refractivity contribution in [3.8, 4) is 0 Å². The van der Waals surface area contributed by atoms with Crippen molar-refractivity contribution in [3.63, 3.8) is 0 Å². The van der Waals surface area contributed by atoms with Crippen LogP contribution in [0.2, 0.25) is 0 Å². The largest absolute Gasteiger partial charge is 0.441 e. The first-order chi connectivity index (χ1) is 6.99. The van der Waals surface area contributed by atoms with Gasteiger partial charge in [0.1, 0.15) is 0 Å². The summed E-state index contributed by atoms with van der Waals surface area (Å²) in [5, 5.41) is 3.24. The van der Waals surface area contributed by atoms with Crippen LogP contribution in [0.5, 0.6) is 0 Å². The van der Waals surface area contributed by atoms with E-state index < -0.39 is 5.51 Å². The number of hydrogen-bond donors (Lipinski definition) is 1. The summed E-state index contributed by atoms with van der Waals surface area (Å²) in [4.78, 5) is 0. The average molecular weight is 243 g/mol. The van der Waals surface area contributed by atoms with Crippen LogP contribution in [0, 0.1) is 5.92 Å². The molecule has 0 fully saturated rings. The molecule has 1 unspecified atom stereocenters. The van der Waals surface area contributed by atoms with Gasteiger partial charge in [0.15, 0.2) is 0 Å². The van der Waals surface area contributed by atoms with Crippen LogP contribution in [0.4, 0.5) is 13.2 Å². The van der Waals surface area contributed by atoms with E-state index in [1.54, 1.807) is 0 Å². The lowest BCUT2D eigenvalue weighted by Crippen LogP contribution is -2.23. The van der Waals surface area contributed by atoms with Gasteiger partial charge in [-0.1, -0.05) is 32.0 Å². The molecule has 0 bridgehead atoms. The maximum Gasteiger partial charge on any atom is 0.441 e. The Bertz CT molecular complexity index is 150. The van der Waals surface area contributed by atoms with Crippen molar-refractivity contribution in [2.24, 2.45) is 5.92 Å². The molecular formula is C10H20F3NS. The second-order valence-corrected chi connectivity index (χ2v) is 4.72. The maximum absolute atomic E-state index is 11.9. The van der Waals surface area contributed by atoms with Gasteiger partial charge in [0, 0.05) is 5.75 Å². The molecule has 1 N–H and O–H groups in total. The zero-order valence-electron chi connectivity index (χ0n) is 9.36. The maximum atomic E-state index is 11.9. The lowest BCUT2D eigenvalue weighted by Gasteiger charge is -2.15. The van der Waals surface area contributed by atoms with E-state index in [1.807, 2.05) is 6.92 Å². The SMILES string of the molecule is CCCNCC(CC)CCSC(F)(F)F. The van der Waals surface area contributed by atoms with Gasteiger partial charge in [-0.25, -0.2) is 0 Å². The number of thioether (sulfide) groups is 1. The molecule has 0 aliphatic rings. The summed E-state index contributed by atoms with van der Waals surface area (Å²) in [6.45, 7) is 5.88. The minimum atomic E-state index is -4.07. The van der Waals surface area contributed by atoms with E-state index in [-0.39, 0.29) is 17.5 Å². The van der Waals surface area contributed by atoms with E-state index in [2.05, 4.69) is 12.2 Å². The molecule has 0 aliphatic carbocycles. The number of alkyl halides is 3. The number of nitrogens with one attached hydrogen (secondary N) is 1. The predicted octanol–water partition coefficient (Wildman–Crippen LogP) is 3.66. The third kappa shape index (κ3) is 10.4. The molecule has 0 aromatic rings. The van der Waals surface area contributed by atoms with E-state index in [0.29, 0.717) is 12.3 Å². The van der Waals surface area contributed by atoms with Crippen LogP contribution < -0.4 is 5.32 Å². The molecule has 0 saturated carbocycles. The lowest BCUT2D eigenvalue weighted by molar-refractivity contribution is -0.0328. The molecule has 0 spiro atoms. The third-order valence-corrected chi connectivity index (χ3v) is 3.00. The van der Waals surface area contributed by atoms with Crippen LogP contribution in [-0.2, 0) is 0 Å². The van der Waals surface area contributed by atoms with Gasteiger partial charge in [0.05, 0.1) is 0 Å². The average Bonchev–Trinajstić information content (AvgIpc) is 2.14. The standard InChI is InChI=1S/C10H20F3NS/c1-3-6-14-8-9(4-2)5-7-15-10(11,12)13/h9,14H,3-8H2,1-2H3. The van der Waals surface area contributed by atoms with Gasteiger partial charge in [-0.3, -0.25) is 0 Å². The van der Waals surface area contributed by atoms with Crippen LogP contribution >= 0.6 is 11.8 Å². The summed E-state index contributed by atoms with van der Waals surface area (Å²) < 4.78 is 35.6. The fraction of sp³-hybridized carbons (Fsp3) is 1.00. The Morgan fingerprint density at radius 3 is 2.40 bits per heavy atom. The Labute approximate surface area is 94.2 Å². The third-order valence-electron chi connectivity index (χ3n) is 2.23. The highest BCUT2D eigenvalue weighted by Crippen LogP contribution is 2.31. The Morgan fingerprint density at radius 1 is 1.27 bits per heavy atom. The molecule has 0 radical (unpaired) electrons. The minimum Gasteiger partial charge on any atom is -0.316 e. The minimum absolute atomic E-state index is 0.0887. The fourth-order valence-corrected chi connectivity index (χ4v) is 1.96. The molecule has 15 heavy (non-hydrogen) atoms. The van der Waals surface area contributed by atoms with E-state index >= 15 is 0 Å².